The lowest BCUT2D eigenvalue weighted by Crippen LogP contribution is -1.79. The minimum atomic E-state index is 0.448. The van der Waals surface area contributed by atoms with Crippen LogP contribution >= 0.6 is 34.5 Å². The van der Waals surface area contributed by atoms with Crippen molar-refractivity contribution in [3.8, 4) is 17.4 Å². The number of para-hydroxylation sites is 1. The summed E-state index contributed by atoms with van der Waals surface area (Å²) in [6, 6.07) is 18.8. The van der Waals surface area contributed by atoms with Crippen LogP contribution in [0.5, 0.6) is 0 Å². The monoisotopic (exact) mass is 396 g/mol. The zero-order chi connectivity index (χ0) is 18.1. The van der Waals surface area contributed by atoms with Crippen molar-refractivity contribution >= 4 is 56.4 Å². The minimum absolute atomic E-state index is 0.448. The van der Waals surface area contributed by atoms with E-state index >= 15 is 0 Å². The van der Waals surface area contributed by atoms with Gasteiger partial charge in [-0.05, 0) is 42.5 Å². The van der Waals surface area contributed by atoms with Crippen molar-refractivity contribution in [3.63, 3.8) is 0 Å². The number of fused-ring (bicyclic) bond motifs is 1. The molecule has 126 valence electrons. The second-order valence-electron chi connectivity index (χ2n) is 5.48. The van der Waals surface area contributed by atoms with Crippen LogP contribution in [0.15, 0.2) is 59.0 Å². The van der Waals surface area contributed by atoms with Crippen LogP contribution in [-0.4, -0.2) is 4.98 Å². The highest BCUT2D eigenvalue weighted by Crippen LogP contribution is 2.33. The van der Waals surface area contributed by atoms with E-state index in [4.69, 9.17) is 27.6 Å². The number of nitrogens with zero attached hydrogens (tertiary/aromatic N) is 2. The first-order chi connectivity index (χ1) is 12.6. The molecule has 0 bridgehead atoms. The van der Waals surface area contributed by atoms with Crippen LogP contribution in [0, 0.1) is 11.3 Å². The summed E-state index contributed by atoms with van der Waals surface area (Å²) in [5.41, 5.74) is 2.03. The fourth-order valence-electron chi connectivity index (χ4n) is 2.53. The van der Waals surface area contributed by atoms with Crippen LogP contribution in [0.1, 0.15) is 10.8 Å². The Balaban J connectivity index is 1.72. The number of hydrogen-bond donors (Lipinski definition) is 0. The molecular formula is C20H10Cl2N2OS. The van der Waals surface area contributed by atoms with E-state index in [2.05, 4.69) is 11.1 Å². The maximum Gasteiger partial charge on any atom is 0.136 e. The first-order valence-corrected chi connectivity index (χ1v) is 9.24. The lowest BCUT2D eigenvalue weighted by atomic mass is 10.2. The number of nitriles is 1. The van der Waals surface area contributed by atoms with Gasteiger partial charge in [-0.3, -0.25) is 0 Å². The van der Waals surface area contributed by atoms with Gasteiger partial charge in [0.2, 0.25) is 0 Å². The third kappa shape index (κ3) is 3.25. The quantitative estimate of drug-likeness (QED) is 0.352. The van der Waals surface area contributed by atoms with Crippen LogP contribution in [0.4, 0.5) is 0 Å². The maximum absolute atomic E-state index is 9.54. The molecule has 2 aromatic carbocycles. The highest BCUT2D eigenvalue weighted by atomic mass is 35.5. The van der Waals surface area contributed by atoms with Crippen LogP contribution in [0.2, 0.25) is 10.0 Å². The second-order valence-corrected chi connectivity index (χ2v) is 7.36. The van der Waals surface area contributed by atoms with Crippen LogP contribution in [0.3, 0.4) is 0 Å². The van der Waals surface area contributed by atoms with E-state index in [1.54, 1.807) is 36.4 Å². The first-order valence-electron chi connectivity index (χ1n) is 7.67. The molecule has 3 nitrogen and oxygen atoms in total. The van der Waals surface area contributed by atoms with Crippen LogP contribution in [-0.2, 0) is 0 Å². The van der Waals surface area contributed by atoms with E-state index in [0.29, 0.717) is 37.7 Å². The molecule has 0 saturated heterocycles. The number of aromatic nitrogens is 1. The van der Waals surface area contributed by atoms with E-state index in [1.165, 1.54) is 11.3 Å². The molecule has 2 aromatic heterocycles. The van der Waals surface area contributed by atoms with E-state index in [-0.39, 0.29) is 0 Å². The van der Waals surface area contributed by atoms with Gasteiger partial charge in [-0.1, -0.05) is 35.3 Å². The molecule has 0 amide bonds. The van der Waals surface area contributed by atoms with Gasteiger partial charge in [0.15, 0.2) is 0 Å². The van der Waals surface area contributed by atoms with Gasteiger partial charge in [-0.2, -0.15) is 5.26 Å². The standard InChI is InChI=1S/C20H10Cl2N2OS/c21-13-5-7-16(22)15(10-13)18-8-6-14(25-18)9-12(11-23)20-24-17-3-1-2-4-19(17)26-20/h1-10H. The molecule has 0 fully saturated rings. The molecule has 4 aromatic rings. The molecule has 2 heterocycles. The molecular weight excluding hydrogens is 387 g/mol. The number of benzene rings is 2. The zero-order valence-corrected chi connectivity index (χ0v) is 15.6. The van der Waals surface area contributed by atoms with Crippen LogP contribution in [0.25, 0.3) is 33.2 Å². The number of thiazole rings is 1. The number of hydrogen-bond acceptors (Lipinski definition) is 4. The molecule has 0 atom stereocenters. The SMILES string of the molecule is N#CC(=Cc1ccc(-c2cc(Cl)ccc2Cl)o1)c1nc2ccccc2s1. The number of rotatable bonds is 3. The largest absolute Gasteiger partial charge is 0.457 e. The molecule has 0 unspecified atom stereocenters. The Hall–Kier alpha value is -2.58. The van der Waals surface area contributed by atoms with Crippen molar-refractivity contribution in [3.05, 3.63) is 75.4 Å². The molecule has 0 aliphatic carbocycles. The lowest BCUT2D eigenvalue weighted by Gasteiger charge is -2.01. The lowest BCUT2D eigenvalue weighted by molar-refractivity contribution is 0.572. The number of furan rings is 1. The molecule has 0 N–H and O–H groups in total. The molecule has 6 heteroatoms. The molecule has 0 aliphatic rings. The summed E-state index contributed by atoms with van der Waals surface area (Å²) in [5, 5.41) is 11.3. The van der Waals surface area contributed by atoms with Gasteiger partial charge in [0, 0.05) is 16.7 Å². The van der Waals surface area contributed by atoms with Gasteiger partial charge in [0.05, 0.1) is 20.8 Å². The van der Waals surface area contributed by atoms with Crippen molar-refractivity contribution in [2.75, 3.05) is 0 Å². The topological polar surface area (TPSA) is 49.8 Å². The van der Waals surface area contributed by atoms with E-state index < -0.39 is 0 Å². The number of halogens is 2. The first kappa shape index (κ1) is 16.9. The summed E-state index contributed by atoms with van der Waals surface area (Å²) < 4.78 is 6.88. The predicted octanol–water partition coefficient (Wildman–Crippen LogP) is 6.93. The third-order valence-corrected chi connectivity index (χ3v) is 5.39. The van der Waals surface area contributed by atoms with Crippen molar-refractivity contribution in [1.29, 1.82) is 5.26 Å². The summed E-state index contributed by atoms with van der Waals surface area (Å²) in [6.45, 7) is 0. The molecule has 26 heavy (non-hydrogen) atoms. The Kier molecular flexibility index (Phi) is 4.52. The Morgan fingerprint density at radius 3 is 2.77 bits per heavy atom. The Morgan fingerprint density at radius 1 is 1.12 bits per heavy atom. The molecule has 0 radical (unpaired) electrons. The van der Waals surface area contributed by atoms with Crippen LogP contribution < -0.4 is 0 Å². The molecule has 0 aliphatic heterocycles. The smallest absolute Gasteiger partial charge is 0.136 e. The van der Waals surface area contributed by atoms with E-state index in [1.807, 2.05) is 24.3 Å². The molecule has 0 spiro atoms. The fraction of sp³-hybridized carbons (Fsp3) is 0. The zero-order valence-electron chi connectivity index (χ0n) is 13.2. The predicted molar refractivity (Wildman–Crippen MR) is 107 cm³/mol. The highest BCUT2D eigenvalue weighted by molar-refractivity contribution is 7.19. The third-order valence-electron chi connectivity index (χ3n) is 3.75. The van der Waals surface area contributed by atoms with Gasteiger partial charge < -0.3 is 4.42 Å². The summed E-state index contributed by atoms with van der Waals surface area (Å²) in [4.78, 5) is 4.52. The van der Waals surface area contributed by atoms with E-state index in [0.717, 1.165) is 10.2 Å². The maximum atomic E-state index is 9.54. The Bertz CT molecular complexity index is 1150. The van der Waals surface area contributed by atoms with Gasteiger partial charge >= 0.3 is 0 Å². The molecule has 4 rings (SSSR count). The second kappa shape index (κ2) is 6.97. The summed E-state index contributed by atoms with van der Waals surface area (Å²) in [6.07, 6.45) is 1.68. The van der Waals surface area contributed by atoms with Gasteiger partial charge in [-0.25, -0.2) is 4.98 Å². The summed E-state index contributed by atoms with van der Waals surface area (Å²) in [5.74, 6) is 1.14. The van der Waals surface area contributed by atoms with Gasteiger partial charge in [0.25, 0.3) is 0 Å². The highest BCUT2D eigenvalue weighted by Gasteiger charge is 2.12. The average molecular weight is 397 g/mol. The van der Waals surface area contributed by atoms with Gasteiger partial charge in [0.1, 0.15) is 22.6 Å². The van der Waals surface area contributed by atoms with Crippen molar-refractivity contribution in [2.45, 2.75) is 0 Å². The minimum Gasteiger partial charge on any atom is -0.457 e. The number of allylic oxidation sites excluding steroid dienone is 1. The van der Waals surface area contributed by atoms with Crippen molar-refractivity contribution in [1.82, 2.24) is 4.98 Å². The Morgan fingerprint density at radius 2 is 1.96 bits per heavy atom. The molecule has 0 saturated carbocycles. The summed E-state index contributed by atoms with van der Waals surface area (Å²) in [7, 11) is 0. The Labute approximate surface area is 163 Å². The normalized spacial score (nSPS) is 11.7. The summed E-state index contributed by atoms with van der Waals surface area (Å²) >= 11 is 13.7. The van der Waals surface area contributed by atoms with Crippen molar-refractivity contribution < 1.29 is 4.42 Å². The average Bonchev–Trinajstić information content (AvgIpc) is 3.28. The fourth-order valence-corrected chi connectivity index (χ4v) is 3.85. The van der Waals surface area contributed by atoms with Gasteiger partial charge in [-0.15, -0.1) is 11.3 Å². The van der Waals surface area contributed by atoms with E-state index in [9.17, 15) is 5.26 Å². The van der Waals surface area contributed by atoms with Crippen molar-refractivity contribution in [2.24, 2.45) is 0 Å².